The lowest BCUT2D eigenvalue weighted by atomic mass is 9.30. The Morgan fingerprint density at radius 2 is 1.60 bits per heavy atom. The summed E-state index contributed by atoms with van der Waals surface area (Å²) in [4.78, 5) is 45.1. The SMILES string of the molecule is CC1(CO)CCC2(C(=O)O)CC(Cc3cnc[nH]3)C3(C)C(=CCC4C5(C)C(CC6C(C(CC(CNC7CCCC7)C(N)O)c7cnc[nH]7)NC(=O)C67CCCC7)C(O)C(OC6OCC(O)C(O)C6O)C(C)(CO)C5CCC43C)C2C1. The molecule has 9 aliphatic rings. The number of aromatic nitrogens is 4. The number of ether oxygens (including phenoxy) is 2. The molecule has 22 atom stereocenters. The quantitative estimate of drug-likeness (QED) is 0.0593. The second-order valence-electron chi connectivity index (χ2n) is 28.7. The highest BCUT2D eigenvalue weighted by Crippen LogP contribution is 2.79. The Kier molecular flexibility index (Phi) is 15.8. The standard InChI is InChI=1S/C61H95N7O12/c1-55(29-69)18-19-61(54(77)78)23-34(21-36-26-63-31-66-36)59(5)38(41(61)24-55)12-13-45-57(59,3)17-14-44-56(2,30-70)50(80-52-49(74)48(73)43(71)28-79-52)47(72)40(58(44,45)4)22-39-46(68-53(76)60(39)15-8-9-16-60)37(42-27-64-32-67-42)20-33(51(62)75)25-65-35-10-6-7-11-35/h12,26-27,31-35,37,39-41,43-52,65,69-75H,6-11,13-25,28-30,62H2,1-5H3,(H,63,66)(H,64,67)(H,68,76)(H,77,78). The zero-order chi connectivity index (χ0) is 57.0. The number of fused-ring (bicyclic) bond motifs is 7. The van der Waals surface area contributed by atoms with Crippen LogP contribution in [0.1, 0.15) is 161 Å². The number of allylic oxidation sites excluding steroid dienone is 2. The van der Waals surface area contributed by atoms with Crippen LogP contribution in [0.4, 0.5) is 0 Å². The number of aliphatic hydroxyl groups excluding tert-OH is 7. The molecule has 22 unspecified atom stereocenters. The zero-order valence-electron chi connectivity index (χ0n) is 47.9. The molecule has 19 nitrogen and oxygen atoms in total. The predicted octanol–water partition coefficient (Wildman–Crippen LogP) is 4.42. The second-order valence-corrected chi connectivity index (χ2v) is 28.7. The summed E-state index contributed by atoms with van der Waals surface area (Å²) in [7, 11) is 0. The van der Waals surface area contributed by atoms with Crippen LogP contribution < -0.4 is 16.4 Å². The number of nitrogens with one attached hydrogen (secondary N) is 4. The summed E-state index contributed by atoms with van der Waals surface area (Å²) in [6, 6.07) is -0.142. The van der Waals surface area contributed by atoms with E-state index >= 15 is 4.79 Å². The van der Waals surface area contributed by atoms with Gasteiger partial charge in [0.25, 0.3) is 0 Å². The molecule has 14 N–H and O–H groups in total. The van der Waals surface area contributed by atoms with Crippen LogP contribution in [0.5, 0.6) is 0 Å². The van der Waals surface area contributed by atoms with Crippen LogP contribution in [-0.2, 0) is 25.5 Å². The van der Waals surface area contributed by atoms with E-state index in [0.29, 0.717) is 89.6 Å². The number of nitrogens with two attached hydrogens (primary N) is 1. The van der Waals surface area contributed by atoms with E-state index in [9.17, 15) is 45.6 Å². The summed E-state index contributed by atoms with van der Waals surface area (Å²) >= 11 is 0. The van der Waals surface area contributed by atoms with Crippen molar-refractivity contribution in [3.05, 3.63) is 48.1 Å². The van der Waals surface area contributed by atoms with Gasteiger partial charge in [-0.05, 0) is 147 Å². The van der Waals surface area contributed by atoms with E-state index in [4.69, 9.17) is 15.2 Å². The van der Waals surface area contributed by atoms with Gasteiger partial charge in [0.1, 0.15) is 24.5 Å². The molecule has 1 amide bonds. The number of aliphatic carboxylic acids is 1. The number of imidazole rings is 2. The lowest BCUT2D eigenvalue weighted by Gasteiger charge is -2.74. The van der Waals surface area contributed by atoms with E-state index in [1.54, 1.807) is 18.9 Å². The van der Waals surface area contributed by atoms with Crippen LogP contribution in [0.25, 0.3) is 0 Å². The number of nitrogens with zero attached hydrogens (tertiary/aromatic N) is 2. The fourth-order valence-corrected chi connectivity index (χ4v) is 20.4. The molecule has 11 rings (SSSR count). The maximum absolute atomic E-state index is 15.3. The Balaban J connectivity index is 1.06. The molecule has 2 aromatic rings. The first-order valence-electron chi connectivity index (χ1n) is 30.6. The number of hydrogen-bond acceptors (Lipinski definition) is 15. The van der Waals surface area contributed by atoms with Crippen molar-refractivity contribution in [3.63, 3.8) is 0 Å². The Hall–Kier alpha value is -3.34. The number of aliphatic hydroxyl groups is 7. The third kappa shape index (κ3) is 9.04. The van der Waals surface area contributed by atoms with Crippen molar-refractivity contribution in [1.82, 2.24) is 30.6 Å². The van der Waals surface area contributed by atoms with Gasteiger partial charge in [-0.1, -0.05) is 72.0 Å². The minimum absolute atomic E-state index is 0.0194. The van der Waals surface area contributed by atoms with E-state index in [-0.39, 0.29) is 60.5 Å². The number of H-pyrrole nitrogens is 2. The number of hydrogen-bond donors (Lipinski definition) is 13. The van der Waals surface area contributed by atoms with Gasteiger partial charge in [-0.3, -0.25) is 9.59 Å². The molecule has 0 aromatic carbocycles. The molecule has 6 saturated carbocycles. The lowest BCUT2D eigenvalue weighted by molar-refractivity contribution is -0.341. The molecule has 4 heterocycles. The zero-order valence-corrected chi connectivity index (χ0v) is 47.9. The molecule has 1 spiro atoms. The Morgan fingerprint density at radius 3 is 2.25 bits per heavy atom. The average molecular weight is 1120 g/mol. The summed E-state index contributed by atoms with van der Waals surface area (Å²) in [5.41, 5.74) is 4.00. The molecule has 0 bridgehead atoms. The minimum atomic E-state index is -1.66. The molecule has 8 fully saturated rings. The van der Waals surface area contributed by atoms with Gasteiger partial charge in [-0.15, -0.1) is 0 Å². The first-order valence-corrected chi connectivity index (χ1v) is 30.6. The smallest absolute Gasteiger partial charge is 0.310 e. The average Bonchev–Trinajstić information content (AvgIpc) is 2.60. The van der Waals surface area contributed by atoms with Gasteiger partial charge in [-0.2, -0.15) is 0 Å². The van der Waals surface area contributed by atoms with Crippen molar-refractivity contribution < 1.29 is 59.9 Å². The summed E-state index contributed by atoms with van der Waals surface area (Å²) < 4.78 is 12.8. The van der Waals surface area contributed by atoms with Crippen LogP contribution in [-0.4, -0.2) is 154 Å². The highest BCUT2D eigenvalue weighted by molar-refractivity contribution is 5.86. The molecular formula is C61H95N7O12. The van der Waals surface area contributed by atoms with Gasteiger partial charge < -0.3 is 76.7 Å². The number of aromatic amines is 2. The van der Waals surface area contributed by atoms with Crippen molar-refractivity contribution in [2.75, 3.05) is 26.4 Å². The third-order valence-corrected chi connectivity index (χ3v) is 25.1. The van der Waals surface area contributed by atoms with Crippen molar-refractivity contribution in [2.45, 2.75) is 211 Å². The number of carbonyl (C=O) groups is 2. The number of rotatable bonds is 17. The highest BCUT2D eigenvalue weighted by atomic mass is 16.7. The van der Waals surface area contributed by atoms with Crippen molar-refractivity contribution in [1.29, 1.82) is 0 Å². The van der Waals surface area contributed by atoms with Crippen molar-refractivity contribution in [2.24, 2.45) is 85.1 Å². The second kappa shape index (κ2) is 21.6. The molecule has 2 aromatic heterocycles. The number of carbonyl (C=O) groups excluding carboxylic acids is 1. The van der Waals surface area contributed by atoms with Gasteiger partial charge in [0.2, 0.25) is 5.91 Å². The van der Waals surface area contributed by atoms with Gasteiger partial charge >= 0.3 is 5.97 Å². The highest BCUT2D eigenvalue weighted by Gasteiger charge is 2.75. The van der Waals surface area contributed by atoms with Crippen LogP contribution in [0.2, 0.25) is 0 Å². The minimum Gasteiger partial charge on any atom is -0.481 e. The summed E-state index contributed by atoms with van der Waals surface area (Å²) in [5, 5.41) is 100. The largest absolute Gasteiger partial charge is 0.481 e. The summed E-state index contributed by atoms with van der Waals surface area (Å²) in [6.45, 7) is 10.9. The van der Waals surface area contributed by atoms with Crippen LogP contribution in [0.15, 0.2) is 36.7 Å². The maximum Gasteiger partial charge on any atom is 0.310 e. The predicted molar refractivity (Wildman–Crippen MR) is 294 cm³/mol. The van der Waals surface area contributed by atoms with Crippen LogP contribution in [0.3, 0.4) is 0 Å². The third-order valence-electron chi connectivity index (χ3n) is 25.1. The molecule has 446 valence electrons. The molecule has 2 saturated heterocycles. The Morgan fingerprint density at radius 1 is 0.875 bits per heavy atom. The number of carboxylic acids is 1. The molecule has 0 radical (unpaired) electrons. The van der Waals surface area contributed by atoms with E-state index in [1.165, 1.54) is 0 Å². The first-order chi connectivity index (χ1) is 38.0. The fraction of sp³-hybridized carbons (Fsp3) is 0.836. The molecule has 7 aliphatic carbocycles. The van der Waals surface area contributed by atoms with Gasteiger partial charge in [-0.25, -0.2) is 9.97 Å². The monoisotopic (exact) mass is 1120 g/mol. The topological polar surface area (TPSA) is 322 Å². The summed E-state index contributed by atoms with van der Waals surface area (Å²) in [5.74, 6) is -3.50. The number of carboxylic acid groups (broad SMARTS) is 1. The fourth-order valence-electron chi connectivity index (χ4n) is 20.4. The van der Waals surface area contributed by atoms with E-state index in [1.807, 2.05) is 13.1 Å². The summed E-state index contributed by atoms with van der Waals surface area (Å²) in [6.07, 6.45) is 12.4. The molecular weight excluding hydrogens is 1020 g/mol. The Bertz CT molecular complexity index is 2540. The van der Waals surface area contributed by atoms with Gasteiger partial charge in [0.15, 0.2) is 6.29 Å². The number of amides is 1. The molecule has 19 heteroatoms. The van der Waals surface area contributed by atoms with Gasteiger partial charge in [0.05, 0.1) is 48.9 Å². The van der Waals surface area contributed by atoms with Crippen molar-refractivity contribution in [3.8, 4) is 0 Å². The lowest BCUT2D eigenvalue weighted by Crippen LogP contribution is -2.73. The van der Waals surface area contributed by atoms with Gasteiger partial charge in [0, 0.05) is 66.3 Å². The maximum atomic E-state index is 15.3. The van der Waals surface area contributed by atoms with Crippen molar-refractivity contribution >= 4 is 11.9 Å². The van der Waals surface area contributed by atoms with E-state index in [2.05, 4.69) is 64.3 Å². The van der Waals surface area contributed by atoms with Crippen LogP contribution >= 0.6 is 0 Å². The Labute approximate surface area is 471 Å². The molecule has 2 aliphatic heterocycles. The molecule has 80 heavy (non-hydrogen) atoms. The first kappa shape index (κ1) is 58.4. The van der Waals surface area contributed by atoms with E-state index in [0.717, 1.165) is 55.5 Å². The van der Waals surface area contributed by atoms with E-state index < -0.39 is 105 Å². The van der Waals surface area contributed by atoms with Crippen LogP contribution in [0, 0.1) is 79.3 Å². The normalized spacial score (nSPS) is 45.5.